The summed E-state index contributed by atoms with van der Waals surface area (Å²) in [6.07, 6.45) is 0. The van der Waals surface area contributed by atoms with Crippen molar-refractivity contribution in [2.45, 2.75) is 6.92 Å². The lowest BCUT2D eigenvalue weighted by Gasteiger charge is -2.01. The van der Waals surface area contributed by atoms with E-state index in [0.29, 0.717) is 17.0 Å². The van der Waals surface area contributed by atoms with Crippen molar-refractivity contribution in [1.29, 1.82) is 0 Å². The SMILES string of the molecule is CC(=O)c1cc(C#CCS)ccc1N. The van der Waals surface area contributed by atoms with Crippen molar-refractivity contribution in [3.05, 3.63) is 29.3 Å². The molecule has 2 nitrogen and oxygen atoms in total. The summed E-state index contributed by atoms with van der Waals surface area (Å²) in [5, 5.41) is 0. The van der Waals surface area contributed by atoms with Crippen molar-refractivity contribution in [2.75, 3.05) is 11.5 Å². The number of carbonyl (C=O) groups is 1. The van der Waals surface area contributed by atoms with Crippen LogP contribution in [0.15, 0.2) is 18.2 Å². The molecule has 1 aromatic carbocycles. The maximum Gasteiger partial charge on any atom is 0.161 e. The minimum absolute atomic E-state index is 0.0444. The van der Waals surface area contributed by atoms with E-state index in [1.54, 1.807) is 18.2 Å². The van der Waals surface area contributed by atoms with E-state index in [9.17, 15) is 4.79 Å². The van der Waals surface area contributed by atoms with E-state index in [2.05, 4.69) is 24.5 Å². The Hall–Kier alpha value is -1.40. The van der Waals surface area contributed by atoms with Crippen molar-refractivity contribution >= 4 is 24.1 Å². The molecular weight excluding hydrogens is 194 g/mol. The molecule has 0 heterocycles. The smallest absolute Gasteiger partial charge is 0.161 e. The molecule has 0 amide bonds. The Morgan fingerprint density at radius 2 is 2.29 bits per heavy atom. The minimum Gasteiger partial charge on any atom is -0.398 e. The third kappa shape index (κ3) is 2.54. The number of hydrogen-bond acceptors (Lipinski definition) is 3. The number of thiol groups is 1. The van der Waals surface area contributed by atoms with Crippen LogP contribution in [0.1, 0.15) is 22.8 Å². The summed E-state index contributed by atoms with van der Waals surface area (Å²) in [6.45, 7) is 1.49. The lowest BCUT2D eigenvalue weighted by atomic mass is 10.1. The molecule has 0 aliphatic heterocycles. The topological polar surface area (TPSA) is 43.1 Å². The number of Topliss-reactive ketones (excluding diaryl/α,β-unsaturated/α-hetero) is 1. The highest BCUT2D eigenvalue weighted by Crippen LogP contribution is 2.14. The van der Waals surface area contributed by atoms with E-state index in [1.807, 2.05) is 0 Å². The fraction of sp³-hybridized carbons (Fsp3) is 0.182. The first-order valence-electron chi connectivity index (χ1n) is 4.15. The molecule has 3 heteroatoms. The summed E-state index contributed by atoms with van der Waals surface area (Å²) in [5.41, 5.74) is 7.44. The van der Waals surface area contributed by atoms with E-state index < -0.39 is 0 Å². The van der Waals surface area contributed by atoms with Gasteiger partial charge in [0.05, 0.1) is 5.75 Å². The van der Waals surface area contributed by atoms with Crippen LogP contribution in [0, 0.1) is 11.8 Å². The predicted molar refractivity (Wildman–Crippen MR) is 61.6 cm³/mol. The molecule has 0 unspecified atom stereocenters. The van der Waals surface area contributed by atoms with E-state index in [1.165, 1.54) is 6.92 Å². The highest BCUT2D eigenvalue weighted by Gasteiger charge is 2.04. The highest BCUT2D eigenvalue weighted by molar-refractivity contribution is 7.80. The molecule has 0 bridgehead atoms. The summed E-state index contributed by atoms with van der Waals surface area (Å²) in [7, 11) is 0. The fourth-order valence-corrected chi connectivity index (χ4v) is 1.16. The number of carbonyl (C=O) groups excluding carboxylic acids is 1. The lowest BCUT2D eigenvalue weighted by Crippen LogP contribution is -1.99. The van der Waals surface area contributed by atoms with Crippen LogP contribution in [0.4, 0.5) is 5.69 Å². The van der Waals surface area contributed by atoms with Crippen molar-refractivity contribution in [2.24, 2.45) is 0 Å². The van der Waals surface area contributed by atoms with Crippen molar-refractivity contribution < 1.29 is 4.79 Å². The number of nitrogen functional groups attached to an aromatic ring is 1. The van der Waals surface area contributed by atoms with Gasteiger partial charge in [-0.1, -0.05) is 11.8 Å². The first-order chi connectivity index (χ1) is 6.65. The molecular formula is C11H11NOS. The molecule has 0 spiro atoms. The zero-order valence-corrected chi connectivity index (χ0v) is 8.77. The Kier molecular flexibility index (Phi) is 3.61. The van der Waals surface area contributed by atoms with Gasteiger partial charge in [-0.3, -0.25) is 4.79 Å². The number of benzene rings is 1. The van der Waals surface area contributed by atoms with Gasteiger partial charge in [0.15, 0.2) is 5.78 Å². The van der Waals surface area contributed by atoms with Gasteiger partial charge in [-0.2, -0.15) is 12.6 Å². The Morgan fingerprint density at radius 1 is 1.57 bits per heavy atom. The molecule has 1 rings (SSSR count). The molecule has 0 aromatic heterocycles. The first-order valence-corrected chi connectivity index (χ1v) is 4.78. The zero-order valence-electron chi connectivity index (χ0n) is 7.87. The average Bonchev–Trinajstić information content (AvgIpc) is 2.16. The van der Waals surface area contributed by atoms with Gasteiger partial charge in [0.1, 0.15) is 0 Å². The molecule has 2 N–H and O–H groups in total. The Morgan fingerprint density at radius 3 is 2.86 bits per heavy atom. The molecule has 0 radical (unpaired) electrons. The molecule has 0 saturated carbocycles. The Bertz CT molecular complexity index is 415. The second-order valence-corrected chi connectivity index (χ2v) is 3.13. The van der Waals surface area contributed by atoms with Crippen LogP contribution in [0.3, 0.4) is 0 Å². The molecule has 14 heavy (non-hydrogen) atoms. The van der Waals surface area contributed by atoms with Crippen LogP contribution >= 0.6 is 12.6 Å². The average molecular weight is 205 g/mol. The second kappa shape index (κ2) is 4.73. The standard InChI is InChI=1S/C11H11NOS/c1-8(13)10-7-9(3-2-6-14)4-5-11(10)12/h4-5,7,14H,6,12H2,1H3. The molecule has 0 aliphatic rings. The number of nitrogens with two attached hydrogens (primary N) is 1. The zero-order chi connectivity index (χ0) is 10.6. The van der Waals surface area contributed by atoms with Crippen LogP contribution in [-0.4, -0.2) is 11.5 Å². The predicted octanol–water partition coefficient (Wildman–Crippen LogP) is 1.75. The van der Waals surface area contributed by atoms with Gasteiger partial charge in [-0.25, -0.2) is 0 Å². The third-order valence-corrected chi connectivity index (χ3v) is 1.90. The number of rotatable bonds is 1. The van der Waals surface area contributed by atoms with Gasteiger partial charge >= 0.3 is 0 Å². The number of hydrogen-bond donors (Lipinski definition) is 2. The van der Waals surface area contributed by atoms with Gasteiger partial charge in [0.25, 0.3) is 0 Å². The van der Waals surface area contributed by atoms with Gasteiger partial charge in [-0.05, 0) is 25.1 Å². The quantitative estimate of drug-likeness (QED) is 0.317. The van der Waals surface area contributed by atoms with Crippen molar-refractivity contribution in [3.8, 4) is 11.8 Å². The first kappa shape index (κ1) is 10.7. The van der Waals surface area contributed by atoms with E-state index in [-0.39, 0.29) is 5.78 Å². The monoisotopic (exact) mass is 205 g/mol. The van der Waals surface area contributed by atoms with E-state index in [4.69, 9.17) is 5.73 Å². The van der Waals surface area contributed by atoms with Gasteiger partial charge in [0, 0.05) is 16.8 Å². The number of anilines is 1. The number of ketones is 1. The van der Waals surface area contributed by atoms with Crippen LogP contribution in [0.2, 0.25) is 0 Å². The molecule has 1 aromatic rings. The van der Waals surface area contributed by atoms with E-state index in [0.717, 1.165) is 5.56 Å². The van der Waals surface area contributed by atoms with Gasteiger partial charge in [0.2, 0.25) is 0 Å². The molecule has 0 atom stereocenters. The van der Waals surface area contributed by atoms with Crippen molar-refractivity contribution in [1.82, 2.24) is 0 Å². The maximum atomic E-state index is 11.1. The molecule has 0 saturated heterocycles. The van der Waals surface area contributed by atoms with Crippen LogP contribution in [0.25, 0.3) is 0 Å². The van der Waals surface area contributed by atoms with Gasteiger partial charge in [-0.15, -0.1) is 0 Å². The van der Waals surface area contributed by atoms with Crippen LogP contribution in [-0.2, 0) is 0 Å². The molecule has 72 valence electrons. The van der Waals surface area contributed by atoms with Crippen molar-refractivity contribution in [3.63, 3.8) is 0 Å². The highest BCUT2D eigenvalue weighted by atomic mass is 32.1. The summed E-state index contributed by atoms with van der Waals surface area (Å²) < 4.78 is 0. The summed E-state index contributed by atoms with van der Waals surface area (Å²) >= 11 is 3.97. The molecule has 0 fully saturated rings. The van der Waals surface area contributed by atoms with E-state index >= 15 is 0 Å². The van der Waals surface area contributed by atoms with Gasteiger partial charge < -0.3 is 5.73 Å². The Balaban J connectivity index is 3.13. The maximum absolute atomic E-state index is 11.1. The van der Waals surface area contributed by atoms with Crippen LogP contribution in [0.5, 0.6) is 0 Å². The summed E-state index contributed by atoms with van der Waals surface area (Å²) in [5.74, 6) is 6.15. The largest absolute Gasteiger partial charge is 0.398 e. The molecule has 0 aliphatic carbocycles. The second-order valence-electron chi connectivity index (χ2n) is 2.82. The third-order valence-electron chi connectivity index (χ3n) is 1.74. The van der Waals surface area contributed by atoms with Crippen LogP contribution < -0.4 is 5.73 Å². The fourth-order valence-electron chi connectivity index (χ4n) is 1.08. The Labute approximate surface area is 88.9 Å². The summed E-state index contributed by atoms with van der Waals surface area (Å²) in [6, 6.07) is 5.19. The lowest BCUT2D eigenvalue weighted by molar-refractivity contribution is 0.101. The summed E-state index contributed by atoms with van der Waals surface area (Å²) in [4.78, 5) is 11.1. The minimum atomic E-state index is -0.0444. The normalized spacial score (nSPS) is 9.00.